The molecule has 188 valence electrons. The lowest BCUT2D eigenvalue weighted by Crippen LogP contribution is -2.60. The highest BCUT2D eigenvalue weighted by molar-refractivity contribution is 5.90. The topological polar surface area (TPSA) is 188 Å². The Labute approximate surface area is 189 Å². The van der Waals surface area contributed by atoms with Crippen LogP contribution in [-0.4, -0.2) is 102 Å². The largest absolute Gasteiger partial charge is 0.471 e. The molecule has 0 spiro atoms. The number of carbonyl (C=O) groups is 3. The number of aliphatic hydroxyl groups is 4. The Morgan fingerprint density at radius 2 is 1.73 bits per heavy atom. The molecule has 2 aliphatic heterocycles. The van der Waals surface area contributed by atoms with E-state index in [1.165, 1.54) is 13.8 Å². The molecule has 0 saturated carbocycles. The highest BCUT2D eigenvalue weighted by atomic mass is 16.8. The van der Waals surface area contributed by atoms with Gasteiger partial charge in [0.15, 0.2) is 6.29 Å². The standard InChI is InChI=1S/C20H30O13/c1-8(31-9(2)22)14-10(5-13(23)28-3)11(18(27)29-4)7-30-19(14)33-20-17(26)16(25)15(24)12(6-21)32-20/h7-8,10,12,14-17,19-21,24-26H,5-6H2,1-4H3/t8-,10+,12+,14+,15+,16-,17+,19-,20-/m0/s1. The van der Waals surface area contributed by atoms with Crippen LogP contribution in [0.3, 0.4) is 0 Å². The molecular weight excluding hydrogens is 448 g/mol. The Kier molecular flexibility index (Phi) is 9.57. The Morgan fingerprint density at radius 3 is 2.27 bits per heavy atom. The van der Waals surface area contributed by atoms with E-state index in [2.05, 4.69) is 0 Å². The van der Waals surface area contributed by atoms with E-state index < -0.39 is 79.5 Å². The molecule has 2 heterocycles. The fourth-order valence-electron chi connectivity index (χ4n) is 3.87. The van der Waals surface area contributed by atoms with Crippen molar-refractivity contribution in [3.63, 3.8) is 0 Å². The first-order valence-electron chi connectivity index (χ1n) is 10.2. The van der Waals surface area contributed by atoms with Crippen LogP contribution in [0.5, 0.6) is 0 Å². The van der Waals surface area contributed by atoms with Crippen LogP contribution in [0.15, 0.2) is 11.8 Å². The summed E-state index contributed by atoms with van der Waals surface area (Å²) in [5.41, 5.74) is -0.0412. The maximum Gasteiger partial charge on any atom is 0.337 e. The molecule has 13 nitrogen and oxygen atoms in total. The number of aliphatic hydroxyl groups excluding tert-OH is 4. The minimum absolute atomic E-state index is 0.0412. The first kappa shape index (κ1) is 27.0. The summed E-state index contributed by atoms with van der Waals surface area (Å²) in [6.45, 7) is 1.98. The lowest BCUT2D eigenvalue weighted by atomic mass is 9.78. The fraction of sp³-hybridized carbons (Fsp3) is 0.750. The second kappa shape index (κ2) is 11.7. The van der Waals surface area contributed by atoms with Crippen LogP contribution in [0.2, 0.25) is 0 Å². The van der Waals surface area contributed by atoms with Crippen molar-refractivity contribution >= 4 is 17.9 Å². The summed E-state index contributed by atoms with van der Waals surface area (Å²) < 4.78 is 31.3. The number of carbonyl (C=O) groups excluding carboxylic acids is 3. The van der Waals surface area contributed by atoms with Crippen molar-refractivity contribution in [2.45, 2.75) is 63.4 Å². The molecule has 0 radical (unpaired) electrons. The van der Waals surface area contributed by atoms with Crippen LogP contribution in [0.1, 0.15) is 20.3 Å². The molecule has 1 saturated heterocycles. The van der Waals surface area contributed by atoms with Gasteiger partial charge < -0.3 is 48.8 Å². The predicted octanol–water partition coefficient (Wildman–Crippen LogP) is -2.04. The molecule has 0 aromatic heterocycles. The highest BCUT2D eigenvalue weighted by Gasteiger charge is 2.50. The Bertz CT molecular complexity index is 735. The fourth-order valence-corrected chi connectivity index (χ4v) is 3.87. The monoisotopic (exact) mass is 478 g/mol. The molecule has 0 amide bonds. The summed E-state index contributed by atoms with van der Waals surface area (Å²) in [7, 11) is 2.30. The van der Waals surface area contributed by atoms with Gasteiger partial charge in [-0.05, 0) is 6.92 Å². The van der Waals surface area contributed by atoms with Crippen molar-refractivity contribution in [2.24, 2.45) is 11.8 Å². The average molecular weight is 478 g/mol. The predicted molar refractivity (Wildman–Crippen MR) is 105 cm³/mol. The minimum atomic E-state index is -1.74. The molecule has 2 rings (SSSR count). The molecular formula is C20H30O13. The molecule has 9 atom stereocenters. The second-order valence-electron chi connectivity index (χ2n) is 7.68. The Balaban J connectivity index is 2.41. The Hall–Kier alpha value is -2.29. The van der Waals surface area contributed by atoms with Crippen molar-refractivity contribution in [1.82, 2.24) is 0 Å². The molecule has 0 bridgehead atoms. The van der Waals surface area contributed by atoms with Crippen molar-refractivity contribution in [3.8, 4) is 0 Å². The molecule has 0 aromatic carbocycles. The summed E-state index contributed by atoms with van der Waals surface area (Å²) in [5.74, 6) is -4.08. The minimum Gasteiger partial charge on any atom is -0.471 e. The maximum atomic E-state index is 12.3. The van der Waals surface area contributed by atoms with E-state index in [1.807, 2.05) is 0 Å². The van der Waals surface area contributed by atoms with E-state index in [0.717, 1.165) is 20.5 Å². The number of ether oxygens (including phenoxy) is 6. The van der Waals surface area contributed by atoms with Crippen LogP contribution in [0, 0.1) is 11.8 Å². The SMILES string of the molecule is COC(=O)C[C@@H]1C(C(=O)OC)=CO[C@@H](O[C@@H]2O[C@H](CO)[C@@H](O)[C@H](O)[C@H]2O)[C@@H]1[C@H](C)OC(C)=O. The van der Waals surface area contributed by atoms with E-state index >= 15 is 0 Å². The average Bonchev–Trinajstić information content (AvgIpc) is 2.78. The van der Waals surface area contributed by atoms with Gasteiger partial charge in [-0.15, -0.1) is 0 Å². The van der Waals surface area contributed by atoms with Gasteiger partial charge >= 0.3 is 17.9 Å². The third-order valence-corrected chi connectivity index (χ3v) is 5.55. The summed E-state index contributed by atoms with van der Waals surface area (Å²) in [5, 5.41) is 39.7. The van der Waals surface area contributed by atoms with Gasteiger partial charge in [0.05, 0.1) is 45.0 Å². The van der Waals surface area contributed by atoms with Gasteiger partial charge in [-0.25, -0.2) is 4.79 Å². The third-order valence-electron chi connectivity index (χ3n) is 5.55. The molecule has 0 unspecified atom stereocenters. The van der Waals surface area contributed by atoms with E-state index in [0.29, 0.717) is 0 Å². The van der Waals surface area contributed by atoms with Gasteiger partial charge in [0.1, 0.15) is 30.5 Å². The number of esters is 3. The summed E-state index contributed by atoms with van der Waals surface area (Å²) in [4.78, 5) is 36.0. The van der Waals surface area contributed by atoms with E-state index in [4.69, 9.17) is 28.4 Å². The normalized spacial score (nSPS) is 35.0. The zero-order chi connectivity index (χ0) is 24.9. The maximum absolute atomic E-state index is 12.3. The number of hydrogen-bond acceptors (Lipinski definition) is 13. The van der Waals surface area contributed by atoms with E-state index in [9.17, 15) is 34.8 Å². The lowest BCUT2D eigenvalue weighted by molar-refractivity contribution is -0.345. The van der Waals surface area contributed by atoms with Gasteiger partial charge in [0.2, 0.25) is 6.29 Å². The highest BCUT2D eigenvalue weighted by Crippen LogP contribution is 2.39. The van der Waals surface area contributed by atoms with Crippen LogP contribution >= 0.6 is 0 Å². The first-order chi connectivity index (χ1) is 15.5. The molecule has 0 aliphatic carbocycles. The van der Waals surface area contributed by atoms with Crippen LogP contribution < -0.4 is 0 Å². The van der Waals surface area contributed by atoms with Crippen LogP contribution in [0.25, 0.3) is 0 Å². The van der Waals surface area contributed by atoms with Crippen molar-refractivity contribution < 1.29 is 63.2 Å². The van der Waals surface area contributed by atoms with Crippen LogP contribution in [0.4, 0.5) is 0 Å². The zero-order valence-corrected chi connectivity index (χ0v) is 18.7. The lowest BCUT2D eigenvalue weighted by Gasteiger charge is -2.44. The second-order valence-corrected chi connectivity index (χ2v) is 7.68. The summed E-state index contributed by atoms with van der Waals surface area (Å²) in [6, 6.07) is 0. The van der Waals surface area contributed by atoms with Gasteiger partial charge in [-0.3, -0.25) is 9.59 Å². The van der Waals surface area contributed by atoms with E-state index in [1.54, 1.807) is 0 Å². The van der Waals surface area contributed by atoms with E-state index in [-0.39, 0.29) is 12.0 Å². The number of rotatable bonds is 8. The van der Waals surface area contributed by atoms with Crippen molar-refractivity contribution in [2.75, 3.05) is 20.8 Å². The molecule has 33 heavy (non-hydrogen) atoms. The molecule has 0 aromatic rings. The summed E-state index contributed by atoms with van der Waals surface area (Å²) in [6.07, 6.45) is -9.51. The van der Waals surface area contributed by atoms with Crippen LogP contribution in [-0.2, 0) is 42.8 Å². The first-order valence-corrected chi connectivity index (χ1v) is 10.2. The van der Waals surface area contributed by atoms with Gasteiger partial charge in [-0.2, -0.15) is 0 Å². The Morgan fingerprint density at radius 1 is 1.06 bits per heavy atom. The van der Waals surface area contributed by atoms with Gasteiger partial charge in [0.25, 0.3) is 0 Å². The molecule has 4 N–H and O–H groups in total. The third kappa shape index (κ3) is 6.19. The van der Waals surface area contributed by atoms with Gasteiger partial charge in [0, 0.05) is 12.8 Å². The zero-order valence-electron chi connectivity index (χ0n) is 18.7. The molecule has 2 aliphatic rings. The molecule has 1 fully saturated rings. The molecule has 13 heteroatoms. The number of methoxy groups -OCH3 is 2. The smallest absolute Gasteiger partial charge is 0.337 e. The van der Waals surface area contributed by atoms with Crippen molar-refractivity contribution in [1.29, 1.82) is 0 Å². The number of hydrogen-bond donors (Lipinski definition) is 4. The van der Waals surface area contributed by atoms with Crippen molar-refractivity contribution in [3.05, 3.63) is 11.8 Å². The van der Waals surface area contributed by atoms with Gasteiger partial charge in [-0.1, -0.05) is 0 Å². The summed E-state index contributed by atoms with van der Waals surface area (Å²) >= 11 is 0. The quantitative estimate of drug-likeness (QED) is 0.221.